The minimum absolute atomic E-state index is 0.0838. The molecule has 2 heterocycles. The van der Waals surface area contributed by atoms with E-state index in [4.69, 9.17) is 12.2 Å². The number of aryl methyl sites for hydroxylation is 2. The average Bonchev–Trinajstić information content (AvgIpc) is 2.94. The van der Waals surface area contributed by atoms with Crippen molar-refractivity contribution in [1.29, 1.82) is 0 Å². The molecule has 0 bridgehead atoms. The molecule has 0 radical (unpaired) electrons. The van der Waals surface area contributed by atoms with E-state index in [1.807, 2.05) is 29.7 Å². The van der Waals surface area contributed by atoms with Crippen LogP contribution in [-0.4, -0.2) is 57.5 Å². The van der Waals surface area contributed by atoms with E-state index in [1.165, 1.54) is 11.6 Å². The van der Waals surface area contributed by atoms with Gasteiger partial charge < -0.3 is 15.0 Å². The van der Waals surface area contributed by atoms with Crippen molar-refractivity contribution in [2.75, 3.05) is 31.5 Å². The summed E-state index contributed by atoms with van der Waals surface area (Å²) in [6, 6.07) is 6.55. The van der Waals surface area contributed by atoms with E-state index >= 15 is 0 Å². The zero-order chi connectivity index (χ0) is 19.4. The number of benzene rings is 1. The van der Waals surface area contributed by atoms with Crippen LogP contribution in [0.4, 0.5) is 14.5 Å². The second-order valence-corrected chi connectivity index (χ2v) is 6.87. The Morgan fingerprint density at radius 1 is 1.26 bits per heavy atom. The molecule has 1 aromatic carbocycles. The number of ether oxygens (including phenoxy) is 1. The molecule has 0 saturated carbocycles. The summed E-state index contributed by atoms with van der Waals surface area (Å²) < 4.78 is 31.5. The summed E-state index contributed by atoms with van der Waals surface area (Å²) in [6.07, 6.45) is 2.05. The van der Waals surface area contributed by atoms with Crippen molar-refractivity contribution in [2.24, 2.45) is 7.05 Å². The summed E-state index contributed by atoms with van der Waals surface area (Å²) in [5.74, 6) is 0.0838. The van der Waals surface area contributed by atoms with Gasteiger partial charge in [0.15, 0.2) is 5.11 Å². The van der Waals surface area contributed by atoms with Crippen LogP contribution in [-0.2, 0) is 13.6 Å². The zero-order valence-electron chi connectivity index (χ0n) is 15.4. The van der Waals surface area contributed by atoms with Gasteiger partial charge in [-0.1, -0.05) is 12.1 Å². The molecule has 0 atom stereocenters. The van der Waals surface area contributed by atoms with Crippen LogP contribution in [0.15, 0.2) is 30.5 Å². The van der Waals surface area contributed by atoms with Crippen molar-refractivity contribution in [3.8, 4) is 5.75 Å². The van der Waals surface area contributed by atoms with Crippen LogP contribution in [0.2, 0.25) is 0 Å². The Kier molecular flexibility index (Phi) is 6.22. The van der Waals surface area contributed by atoms with Crippen molar-refractivity contribution >= 4 is 23.0 Å². The third-order valence-corrected chi connectivity index (χ3v) is 4.87. The van der Waals surface area contributed by atoms with Gasteiger partial charge >= 0.3 is 6.61 Å². The molecule has 0 aliphatic carbocycles. The number of anilines is 1. The summed E-state index contributed by atoms with van der Waals surface area (Å²) in [7, 11) is 1.92. The fourth-order valence-corrected chi connectivity index (χ4v) is 3.41. The van der Waals surface area contributed by atoms with Gasteiger partial charge in [-0.05, 0) is 31.3 Å². The summed E-state index contributed by atoms with van der Waals surface area (Å²) >= 11 is 5.46. The Morgan fingerprint density at radius 2 is 1.96 bits per heavy atom. The predicted molar refractivity (Wildman–Crippen MR) is 104 cm³/mol. The lowest BCUT2D eigenvalue weighted by molar-refractivity contribution is -0.0493. The van der Waals surface area contributed by atoms with Crippen molar-refractivity contribution in [3.63, 3.8) is 0 Å². The number of aromatic nitrogens is 2. The number of halogens is 2. The standard InChI is InChI=1S/C18H23F2N5OS/c1-13-14(11-23(2)22-13)12-24-7-9-25(10-8-24)18(27)21-15-5-3-4-6-16(15)26-17(19)20/h3-6,11,17H,7-10,12H2,1-2H3,(H,21,27). The van der Waals surface area contributed by atoms with Gasteiger partial charge in [0.1, 0.15) is 5.75 Å². The molecule has 6 nitrogen and oxygen atoms in total. The van der Waals surface area contributed by atoms with Gasteiger partial charge in [-0.3, -0.25) is 9.58 Å². The van der Waals surface area contributed by atoms with Crippen LogP contribution in [0, 0.1) is 6.92 Å². The minimum atomic E-state index is -2.87. The largest absolute Gasteiger partial charge is 0.433 e. The third kappa shape index (κ3) is 5.14. The van der Waals surface area contributed by atoms with E-state index in [-0.39, 0.29) is 5.75 Å². The number of hydrogen-bond acceptors (Lipinski definition) is 4. The number of piperazine rings is 1. The number of rotatable bonds is 5. The van der Waals surface area contributed by atoms with E-state index in [1.54, 1.807) is 18.2 Å². The first kappa shape index (κ1) is 19.5. The molecular formula is C18H23F2N5OS. The summed E-state index contributed by atoms with van der Waals surface area (Å²) in [4.78, 5) is 4.40. The molecule has 0 amide bonds. The van der Waals surface area contributed by atoms with Crippen LogP contribution < -0.4 is 10.1 Å². The molecule has 1 aliphatic rings. The Balaban J connectivity index is 1.54. The maximum absolute atomic E-state index is 12.5. The van der Waals surface area contributed by atoms with E-state index in [9.17, 15) is 8.78 Å². The van der Waals surface area contributed by atoms with Crippen LogP contribution >= 0.6 is 12.2 Å². The van der Waals surface area contributed by atoms with E-state index in [2.05, 4.69) is 20.1 Å². The zero-order valence-corrected chi connectivity index (χ0v) is 16.2. The SMILES string of the molecule is Cc1nn(C)cc1CN1CCN(C(=S)Nc2ccccc2OC(F)F)CC1. The number of thiocarbonyl (C=S) groups is 1. The maximum Gasteiger partial charge on any atom is 0.387 e. The molecule has 1 N–H and O–H groups in total. The monoisotopic (exact) mass is 395 g/mol. The van der Waals surface area contributed by atoms with Gasteiger partial charge in [0, 0.05) is 51.5 Å². The van der Waals surface area contributed by atoms with Crippen LogP contribution in [0.5, 0.6) is 5.75 Å². The normalized spacial score (nSPS) is 15.2. The van der Waals surface area contributed by atoms with Gasteiger partial charge in [0.2, 0.25) is 0 Å². The first-order chi connectivity index (χ1) is 12.9. The number of nitrogens with zero attached hydrogens (tertiary/aromatic N) is 4. The second kappa shape index (κ2) is 8.62. The molecule has 1 saturated heterocycles. The second-order valence-electron chi connectivity index (χ2n) is 6.48. The highest BCUT2D eigenvalue weighted by Gasteiger charge is 2.21. The molecule has 0 unspecified atom stereocenters. The first-order valence-electron chi connectivity index (χ1n) is 8.73. The number of nitrogens with one attached hydrogen (secondary N) is 1. The molecule has 1 fully saturated rings. The predicted octanol–water partition coefficient (Wildman–Crippen LogP) is 2.84. The average molecular weight is 395 g/mol. The number of para-hydroxylation sites is 2. The summed E-state index contributed by atoms with van der Waals surface area (Å²) in [5, 5.41) is 7.92. The quantitative estimate of drug-likeness (QED) is 0.786. The Hall–Kier alpha value is -2.26. The summed E-state index contributed by atoms with van der Waals surface area (Å²) in [5.41, 5.74) is 2.72. The highest BCUT2D eigenvalue weighted by molar-refractivity contribution is 7.80. The van der Waals surface area contributed by atoms with Crippen molar-refractivity contribution in [2.45, 2.75) is 20.1 Å². The van der Waals surface area contributed by atoms with Gasteiger partial charge in [-0.15, -0.1) is 0 Å². The fraction of sp³-hybridized carbons (Fsp3) is 0.444. The Labute approximate surface area is 162 Å². The van der Waals surface area contributed by atoms with Crippen LogP contribution in [0.25, 0.3) is 0 Å². The van der Waals surface area contributed by atoms with Crippen molar-refractivity contribution in [1.82, 2.24) is 19.6 Å². The van der Waals surface area contributed by atoms with Gasteiger partial charge in [0.05, 0.1) is 11.4 Å². The molecule has 1 aliphatic heterocycles. The fourth-order valence-electron chi connectivity index (χ4n) is 3.12. The van der Waals surface area contributed by atoms with E-state index in [0.29, 0.717) is 10.8 Å². The maximum atomic E-state index is 12.5. The molecule has 2 aromatic rings. The van der Waals surface area contributed by atoms with Gasteiger partial charge in [-0.25, -0.2) is 0 Å². The van der Waals surface area contributed by atoms with Gasteiger partial charge in [-0.2, -0.15) is 13.9 Å². The lowest BCUT2D eigenvalue weighted by atomic mass is 10.2. The third-order valence-electron chi connectivity index (χ3n) is 4.51. The van der Waals surface area contributed by atoms with E-state index < -0.39 is 6.61 Å². The van der Waals surface area contributed by atoms with Crippen LogP contribution in [0.3, 0.4) is 0 Å². The molecule has 1 aromatic heterocycles. The lowest BCUT2D eigenvalue weighted by Gasteiger charge is -2.36. The lowest BCUT2D eigenvalue weighted by Crippen LogP contribution is -2.49. The molecular weight excluding hydrogens is 372 g/mol. The molecule has 9 heteroatoms. The molecule has 27 heavy (non-hydrogen) atoms. The molecule has 146 valence electrons. The topological polar surface area (TPSA) is 45.6 Å². The number of alkyl halides is 2. The highest BCUT2D eigenvalue weighted by atomic mass is 32.1. The van der Waals surface area contributed by atoms with Crippen molar-refractivity contribution in [3.05, 3.63) is 41.7 Å². The molecule has 0 spiro atoms. The number of hydrogen-bond donors (Lipinski definition) is 1. The smallest absolute Gasteiger partial charge is 0.387 e. The molecule has 3 rings (SSSR count). The summed E-state index contributed by atoms with van der Waals surface area (Å²) in [6.45, 7) is 3.27. The van der Waals surface area contributed by atoms with E-state index in [0.717, 1.165) is 38.4 Å². The Morgan fingerprint density at radius 3 is 2.59 bits per heavy atom. The van der Waals surface area contributed by atoms with Gasteiger partial charge in [0.25, 0.3) is 0 Å². The Bertz CT molecular complexity index is 790. The minimum Gasteiger partial charge on any atom is -0.433 e. The van der Waals surface area contributed by atoms with Crippen LogP contribution in [0.1, 0.15) is 11.3 Å². The first-order valence-corrected chi connectivity index (χ1v) is 9.14. The van der Waals surface area contributed by atoms with Crippen molar-refractivity contribution < 1.29 is 13.5 Å². The highest BCUT2D eigenvalue weighted by Crippen LogP contribution is 2.26.